The van der Waals surface area contributed by atoms with E-state index >= 15 is 0 Å². The van der Waals surface area contributed by atoms with Gasteiger partial charge >= 0.3 is 5.69 Å². The van der Waals surface area contributed by atoms with Crippen molar-refractivity contribution in [3.05, 3.63) is 34.7 Å². The highest BCUT2D eigenvalue weighted by atomic mass is 16.5. The minimum Gasteiger partial charge on any atom is -0.380 e. The molecule has 1 saturated heterocycles. The Hall–Kier alpha value is -2.12. The van der Waals surface area contributed by atoms with Crippen molar-refractivity contribution in [2.24, 2.45) is 0 Å². The van der Waals surface area contributed by atoms with Crippen LogP contribution in [0.15, 0.2) is 29.1 Å². The summed E-state index contributed by atoms with van der Waals surface area (Å²) in [5, 5.41) is 2.92. The molecular formula is C16H22N4O3. The van der Waals surface area contributed by atoms with Gasteiger partial charge in [-0.2, -0.15) is 0 Å². The minimum atomic E-state index is -0.167. The first-order valence-corrected chi connectivity index (χ1v) is 7.78. The average Bonchev–Trinajstić information content (AvgIpc) is 3.07. The van der Waals surface area contributed by atoms with E-state index < -0.39 is 0 Å². The van der Waals surface area contributed by atoms with Crippen molar-refractivity contribution in [3.8, 4) is 0 Å². The van der Waals surface area contributed by atoms with Gasteiger partial charge in [0.1, 0.15) is 0 Å². The van der Waals surface area contributed by atoms with Gasteiger partial charge in [0.15, 0.2) is 0 Å². The summed E-state index contributed by atoms with van der Waals surface area (Å²) in [5.74, 6) is -0.0139. The maximum atomic E-state index is 12.3. The van der Waals surface area contributed by atoms with E-state index in [1.807, 2.05) is 36.2 Å². The molecule has 124 valence electrons. The molecule has 2 aromatic rings. The summed E-state index contributed by atoms with van der Waals surface area (Å²) in [4.78, 5) is 29.1. The summed E-state index contributed by atoms with van der Waals surface area (Å²) in [6, 6.07) is 7.36. The van der Waals surface area contributed by atoms with Gasteiger partial charge in [-0.05, 0) is 25.6 Å². The number of carbonyl (C=O) groups excluding carboxylic acids is 1. The molecule has 0 radical (unpaired) electrons. The number of para-hydroxylation sites is 2. The molecule has 0 aliphatic carbocycles. The average molecular weight is 318 g/mol. The van der Waals surface area contributed by atoms with Crippen LogP contribution in [0.3, 0.4) is 0 Å². The Morgan fingerprint density at radius 1 is 1.43 bits per heavy atom. The molecule has 7 nitrogen and oxygen atoms in total. The van der Waals surface area contributed by atoms with Gasteiger partial charge < -0.3 is 15.0 Å². The number of H-pyrrole nitrogens is 1. The highest BCUT2D eigenvalue weighted by molar-refractivity contribution is 5.82. The maximum absolute atomic E-state index is 12.3. The molecule has 1 fully saturated rings. The van der Waals surface area contributed by atoms with Crippen molar-refractivity contribution in [3.63, 3.8) is 0 Å². The molecular weight excluding hydrogens is 296 g/mol. The number of carbonyl (C=O) groups is 1. The molecule has 1 aliphatic heterocycles. The summed E-state index contributed by atoms with van der Waals surface area (Å²) in [6.45, 7) is 1.62. The van der Waals surface area contributed by atoms with E-state index in [-0.39, 0.29) is 23.7 Å². The first kappa shape index (κ1) is 15.8. The Bertz CT molecular complexity index is 751. The highest BCUT2D eigenvalue weighted by Crippen LogP contribution is 2.17. The molecule has 3 rings (SSSR count). The number of rotatable bonds is 5. The lowest BCUT2D eigenvalue weighted by atomic mass is 10.2. The smallest absolute Gasteiger partial charge is 0.326 e. The molecule has 0 bridgehead atoms. The SMILES string of the molecule is CO[C@H]1C[C@@H](C(=O)NCCn2c(=O)[nH]c3ccccc32)N(C)C1. The van der Waals surface area contributed by atoms with Crippen molar-refractivity contribution in [1.29, 1.82) is 0 Å². The van der Waals surface area contributed by atoms with Gasteiger partial charge in [0.05, 0.1) is 23.2 Å². The summed E-state index contributed by atoms with van der Waals surface area (Å²) < 4.78 is 6.96. The third-order valence-electron chi connectivity index (χ3n) is 4.46. The Morgan fingerprint density at radius 2 is 2.22 bits per heavy atom. The highest BCUT2D eigenvalue weighted by Gasteiger charge is 2.34. The number of aromatic amines is 1. The number of likely N-dealkylation sites (N-methyl/N-ethyl adjacent to an activating group) is 1. The van der Waals surface area contributed by atoms with Gasteiger partial charge in [-0.3, -0.25) is 14.3 Å². The molecule has 1 aliphatic rings. The second kappa shape index (κ2) is 6.55. The number of nitrogens with zero attached hydrogens (tertiary/aromatic N) is 2. The number of imidazole rings is 1. The Kier molecular flexibility index (Phi) is 4.49. The third kappa shape index (κ3) is 3.16. The summed E-state index contributed by atoms with van der Waals surface area (Å²) in [6.07, 6.45) is 0.804. The summed E-state index contributed by atoms with van der Waals surface area (Å²) in [5.41, 5.74) is 1.50. The number of amides is 1. The predicted molar refractivity (Wildman–Crippen MR) is 87.4 cm³/mol. The second-order valence-electron chi connectivity index (χ2n) is 5.94. The van der Waals surface area contributed by atoms with Gasteiger partial charge in [-0.25, -0.2) is 4.79 Å². The van der Waals surface area contributed by atoms with Crippen LogP contribution in [-0.4, -0.2) is 59.8 Å². The van der Waals surface area contributed by atoms with E-state index in [4.69, 9.17) is 4.74 Å². The molecule has 0 spiro atoms. The number of benzene rings is 1. The van der Waals surface area contributed by atoms with E-state index in [2.05, 4.69) is 10.3 Å². The fraction of sp³-hybridized carbons (Fsp3) is 0.500. The van der Waals surface area contributed by atoms with Crippen LogP contribution in [0, 0.1) is 0 Å². The van der Waals surface area contributed by atoms with Crippen LogP contribution in [0.5, 0.6) is 0 Å². The zero-order valence-corrected chi connectivity index (χ0v) is 13.4. The topological polar surface area (TPSA) is 79.4 Å². The summed E-state index contributed by atoms with van der Waals surface area (Å²) >= 11 is 0. The van der Waals surface area contributed by atoms with Crippen LogP contribution in [0.4, 0.5) is 0 Å². The second-order valence-corrected chi connectivity index (χ2v) is 5.94. The molecule has 2 atom stereocenters. The molecule has 0 unspecified atom stereocenters. The Balaban J connectivity index is 1.60. The number of likely N-dealkylation sites (tertiary alicyclic amines) is 1. The van der Waals surface area contributed by atoms with Gasteiger partial charge in [0.2, 0.25) is 5.91 Å². The van der Waals surface area contributed by atoms with Crippen LogP contribution in [0.1, 0.15) is 6.42 Å². The fourth-order valence-corrected chi connectivity index (χ4v) is 3.17. The van der Waals surface area contributed by atoms with Gasteiger partial charge in [0, 0.05) is 26.7 Å². The van der Waals surface area contributed by atoms with Gasteiger partial charge in [-0.15, -0.1) is 0 Å². The van der Waals surface area contributed by atoms with Crippen molar-refractivity contribution >= 4 is 16.9 Å². The monoisotopic (exact) mass is 318 g/mol. The Labute approximate surface area is 134 Å². The number of methoxy groups -OCH3 is 1. The van der Waals surface area contributed by atoms with E-state index in [0.717, 1.165) is 17.6 Å². The fourth-order valence-electron chi connectivity index (χ4n) is 3.17. The number of hydrogen-bond donors (Lipinski definition) is 2. The van der Waals surface area contributed by atoms with Crippen LogP contribution in [-0.2, 0) is 16.1 Å². The van der Waals surface area contributed by atoms with Crippen LogP contribution in [0.25, 0.3) is 11.0 Å². The normalized spacial score (nSPS) is 21.8. The number of nitrogens with one attached hydrogen (secondary N) is 2. The molecule has 0 saturated carbocycles. The molecule has 1 aromatic carbocycles. The number of aromatic nitrogens is 2. The lowest BCUT2D eigenvalue weighted by Gasteiger charge is -2.18. The zero-order chi connectivity index (χ0) is 16.4. The minimum absolute atomic E-state index is 0.0139. The van der Waals surface area contributed by atoms with Crippen LogP contribution >= 0.6 is 0 Å². The number of hydrogen-bond acceptors (Lipinski definition) is 4. The van der Waals surface area contributed by atoms with E-state index in [9.17, 15) is 9.59 Å². The third-order valence-corrected chi connectivity index (χ3v) is 4.46. The largest absolute Gasteiger partial charge is 0.380 e. The van der Waals surface area contributed by atoms with Gasteiger partial charge in [-0.1, -0.05) is 12.1 Å². The van der Waals surface area contributed by atoms with Crippen molar-refractivity contribution in [2.45, 2.75) is 25.1 Å². The molecule has 23 heavy (non-hydrogen) atoms. The lowest BCUT2D eigenvalue weighted by Crippen LogP contribution is -2.42. The molecule has 1 aromatic heterocycles. The summed E-state index contributed by atoms with van der Waals surface area (Å²) in [7, 11) is 3.59. The van der Waals surface area contributed by atoms with Crippen LogP contribution < -0.4 is 11.0 Å². The van der Waals surface area contributed by atoms with Crippen molar-refractivity contribution in [1.82, 2.24) is 19.8 Å². The first-order chi connectivity index (χ1) is 11.1. The first-order valence-electron chi connectivity index (χ1n) is 7.78. The van der Waals surface area contributed by atoms with Crippen LogP contribution in [0.2, 0.25) is 0 Å². The predicted octanol–water partition coefficient (Wildman–Crippen LogP) is 0.165. The zero-order valence-electron chi connectivity index (χ0n) is 13.4. The van der Waals surface area contributed by atoms with Gasteiger partial charge in [0.25, 0.3) is 0 Å². The number of fused-ring (bicyclic) bond motifs is 1. The van der Waals surface area contributed by atoms with E-state index in [1.165, 1.54) is 0 Å². The molecule has 7 heteroatoms. The van der Waals surface area contributed by atoms with Crippen molar-refractivity contribution in [2.75, 3.05) is 27.2 Å². The number of ether oxygens (including phenoxy) is 1. The Morgan fingerprint density at radius 3 is 2.96 bits per heavy atom. The maximum Gasteiger partial charge on any atom is 0.326 e. The lowest BCUT2D eigenvalue weighted by molar-refractivity contribution is -0.125. The van der Waals surface area contributed by atoms with Crippen molar-refractivity contribution < 1.29 is 9.53 Å². The quantitative estimate of drug-likeness (QED) is 0.823. The molecule has 2 heterocycles. The standard InChI is InChI=1S/C16H22N4O3/c1-19-10-11(23-2)9-14(19)15(21)17-7-8-20-13-6-4-3-5-12(13)18-16(20)22/h3-6,11,14H,7-10H2,1-2H3,(H,17,21)(H,18,22)/t11-,14-/m0/s1. The van der Waals surface area contributed by atoms with E-state index in [1.54, 1.807) is 11.7 Å². The molecule has 2 N–H and O–H groups in total. The van der Waals surface area contributed by atoms with E-state index in [0.29, 0.717) is 19.5 Å². The molecule has 1 amide bonds.